The first-order valence-electron chi connectivity index (χ1n) is 1.67. The Kier molecular flexibility index (Phi) is 1.23. The predicted octanol–water partition coefficient (Wildman–Crippen LogP) is 1.17. The van der Waals surface area contributed by atoms with E-state index in [-0.39, 0.29) is 5.22 Å². The van der Waals surface area contributed by atoms with Crippen molar-refractivity contribution in [2.45, 2.75) is 0 Å². The molecule has 1 aliphatic rings. The summed E-state index contributed by atoms with van der Waals surface area (Å²) in [6, 6.07) is 0. The van der Waals surface area contributed by atoms with Crippen LogP contribution >= 0.6 is 19.4 Å². The van der Waals surface area contributed by atoms with Crippen molar-refractivity contribution in [1.82, 2.24) is 0 Å². The van der Waals surface area contributed by atoms with Crippen molar-refractivity contribution in [2.24, 2.45) is 0 Å². The van der Waals surface area contributed by atoms with E-state index in [2.05, 4.69) is 9.05 Å². The van der Waals surface area contributed by atoms with Gasteiger partial charge in [0, 0.05) is 0 Å². The van der Waals surface area contributed by atoms with Gasteiger partial charge in [-0.2, -0.15) is 0 Å². The lowest BCUT2D eigenvalue weighted by Gasteiger charge is -1.97. The molecule has 0 radical (unpaired) electrons. The molecule has 0 bridgehead atoms. The number of phosphoric acid groups is 1. The van der Waals surface area contributed by atoms with Crippen LogP contribution in [0.25, 0.3) is 0 Å². The molecular formula is C2H2ClO4P. The molecule has 8 heavy (non-hydrogen) atoms. The summed E-state index contributed by atoms with van der Waals surface area (Å²) in [5.74, 6) is 0. The van der Waals surface area contributed by atoms with Crippen LogP contribution in [0.2, 0.25) is 0 Å². The summed E-state index contributed by atoms with van der Waals surface area (Å²) in [5, 5.41) is -0.198. The predicted molar refractivity (Wildman–Crippen MR) is 25.9 cm³/mol. The Hall–Kier alpha value is -0.180. The molecule has 0 aromatic rings. The van der Waals surface area contributed by atoms with Gasteiger partial charge < -0.3 is 9.05 Å². The van der Waals surface area contributed by atoms with Crippen LogP contribution < -0.4 is 0 Å². The van der Waals surface area contributed by atoms with E-state index in [1.807, 2.05) is 0 Å². The van der Waals surface area contributed by atoms with Gasteiger partial charge in [-0.05, 0) is 11.6 Å². The van der Waals surface area contributed by atoms with Gasteiger partial charge in [0.15, 0.2) is 6.26 Å². The van der Waals surface area contributed by atoms with Crippen LogP contribution in [0.15, 0.2) is 11.5 Å². The molecule has 0 saturated heterocycles. The third kappa shape index (κ3) is 1.15. The summed E-state index contributed by atoms with van der Waals surface area (Å²) in [5.41, 5.74) is 0. The highest BCUT2D eigenvalue weighted by Gasteiger charge is 2.29. The lowest BCUT2D eigenvalue weighted by atomic mass is 11.1. The SMILES string of the molecule is O=P1(O)OC=C(Cl)O1. The molecule has 1 N–H and O–H groups in total. The van der Waals surface area contributed by atoms with E-state index in [1.54, 1.807) is 0 Å². The standard InChI is InChI=1S/C2H2ClO4P/c3-2-1-6-8(4,5)7-2/h1H,(H,4,5). The molecule has 0 aliphatic carbocycles. The van der Waals surface area contributed by atoms with Crippen LogP contribution in [0, 0.1) is 0 Å². The van der Waals surface area contributed by atoms with Crippen molar-refractivity contribution in [3.63, 3.8) is 0 Å². The molecule has 1 unspecified atom stereocenters. The molecule has 0 spiro atoms. The third-order valence-electron chi connectivity index (χ3n) is 0.481. The van der Waals surface area contributed by atoms with Crippen LogP contribution in [-0.2, 0) is 13.6 Å². The van der Waals surface area contributed by atoms with E-state index >= 15 is 0 Å². The Morgan fingerprint density at radius 3 is 2.62 bits per heavy atom. The van der Waals surface area contributed by atoms with Crippen molar-refractivity contribution in [3.8, 4) is 0 Å². The molecule has 1 rings (SSSR count). The Morgan fingerprint density at radius 2 is 2.50 bits per heavy atom. The van der Waals surface area contributed by atoms with Crippen molar-refractivity contribution in [2.75, 3.05) is 0 Å². The molecular weight excluding hydrogens is 154 g/mol. The molecule has 1 aliphatic heterocycles. The van der Waals surface area contributed by atoms with Crippen molar-refractivity contribution in [3.05, 3.63) is 11.5 Å². The first-order valence-corrected chi connectivity index (χ1v) is 3.54. The highest BCUT2D eigenvalue weighted by Crippen LogP contribution is 2.51. The van der Waals surface area contributed by atoms with E-state index in [4.69, 9.17) is 16.5 Å². The maximum atomic E-state index is 10.2. The smallest absolute Gasteiger partial charge is 0.398 e. The summed E-state index contributed by atoms with van der Waals surface area (Å²) in [4.78, 5) is 8.34. The van der Waals surface area contributed by atoms with Gasteiger partial charge in [0.1, 0.15) is 0 Å². The Balaban J connectivity index is 2.69. The number of hydrogen-bond acceptors (Lipinski definition) is 3. The molecule has 4 nitrogen and oxygen atoms in total. The Labute approximate surface area is 50.3 Å². The highest BCUT2D eigenvalue weighted by atomic mass is 35.5. The minimum absolute atomic E-state index is 0.198. The zero-order chi connectivity index (χ0) is 6.20. The molecule has 0 aromatic heterocycles. The topological polar surface area (TPSA) is 55.8 Å². The first-order chi connectivity index (χ1) is 3.60. The van der Waals surface area contributed by atoms with Crippen molar-refractivity contribution >= 4 is 19.4 Å². The van der Waals surface area contributed by atoms with Gasteiger partial charge in [-0.25, -0.2) is 4.57 Å². The monoisotopic (exact) mass is 156 g/mol. The number of hydrogen-bond donors (Lipinski definition) is 1. The van der Waals surface area contributed by atoms with Gasteiger partial charge in [-0.3, -0.25) is 4.89 Å². The second-order valence-electron chi connectivity index (χ2n) is 1.09. The van der Waals surface area contributed by atoms with Crippen molar-refractivity contribution in [1.29, 1.82) is 0 Å². The maximum Gasteiger partial charge on any atom is 0.585 e. The van der Waals surface area contributed by atoms with Crippen LogP contribution in [-0.4, -0.2) is 4.89 Å². The average molecular weight is 156 g/mol. The molecule has 0 amide bonds. The highest BCUT2D eigenvalue weighted by molar-refractivity contribution is 7.48. The van der Waals surface area contributed by atoms with E-state index < -0.39 is 7.82 Å². The first kappa shape index (κ1) is 5.95. The number of rotatable bonds is 0. The van der Waals surface area contributed by atoms with E-state index in [0.717, 1.165) is 6.26 Å². The van der Waals surface area contributed by atoms with Crippen molar-refractivity contribution < 1.29 is 18.5 Å². The van der Waals surface area contributed by atoms with Crippen LogP contribution in [0.1, 0.15) is 0 Å². The van der Waals surface area contributed by atoms with E-state index in [0.29, 0.717) is 0 Å². The van der Waals surface area contributed by atoms with Gasteiger partial charge in [0.25, 0.3) is 0 Å². The van der Waals surface area contributed by atoms with Gasteiger partial charge >= 0.3 is 7.82 Å². The molecule has 0 aromatic carbocycles. The lowest BCUT2D eigenvalue weighted by Crippen LogP contribution is -1.74. The van der Waals surface area contributed by atoms with Crippen LogP contribution in [0.4, 0.5) is 0 Å². The summed E-state index contributed by atoms with van der Waals surface area (Å²) < 4.78 is 18.3. The molecule has 1 atom stereocenters. The number of phosphoric ester groups is 1. The van der Waals surface area contributed by atoms with E-state index in [9.17, 15) is 4.57 Å². The van der Waals surface area contributed by atoms with Crippen LogP contribution in [0.3, 0.4) is 0 Å². The fraction of sp³-hybridized carbons (Fsp3) is 0. The molecule has 0 fully saturated rings. The minimum Gasteiger partial charge on any atom is -0.398 e. The van der Waals surface area contributed by atoms with Gasteiger partial charge in [0.05, 0.1) is 0 Å². The van der Waals surface area contributed by atoms with Gasteiger partial charge in [0.2, 0.25) is 5.22 Å². The Bertz CT molecular complexity index is 175. The Morgan fingerprint density at radius 1 is 1.88 bits per heavy atom. The van der Waals surface area contributed by atoms with E-state index in [1.165, 1.54) is 0 Å². The fourth-order valence-electron chi connectivity index (χ4n) is 0.261. The lowest BCUT2D eigenvalue weighted by molar-refractivity contribution is 0.275. The molecule has 46 valence electrons. The second-order valence-corrected chi connectivity index (χ2v) is 2.79. The normalized spacial score (nSPS) is 35.5. The van der Waals surface area contributed by atoms with Gasteiger partial charge in [-0.1, -0.05) is 0 Å². The molecule has 0 saturated carbocycles. The minimum atomic E-state index is -3.82. The molecule has 6 heteroatoms. The second kappa shape index (κ2) is 1.65. The summed E-state index contributed by atoms with van der Waals surface area (Å²) in [7, 11) is -3.82. The third-order valence-corrected chi connectivity index (χ3v) is 1.55. The zero-order valence-corrected chi connectivity index (χ0v) is 5.22. The average Bonchev–Trinajstić information content (AvgIpc) is 1.82. The summed E-state index contributed by atoms with van der Waals surface area (Å²) in [6.45, 7) is 0. The zero-order valence-electron chi connectivity index (χ0n) is 3.57. The van der Waals surface area contributed by atoms with Gasteiger partial charge in [-0.15, -0.1) is 0 Å². The molecule has 1 heterocycles. The summed E-state index contributed by atoms with van der Waals surface area (Å²) >= 11 is 5.08. The maximum absolute atomic E-state index is 10.2. The largest absolute Gasteiger partial charge is 0.585 e. The fourth-order valence-corrected chi connectivity index (χ4v) is 1.16. The van der Waals surface area contributed by atoms with Crippen LogP contribution in [0.5, 0.6) is 0 Å². The quantitative estimate of drug-likeness (QED) is 0.535. The summed E-state index contributed by atoms with van der Waals surface area (Å²) in [6.07, 6.45) is 0.877. The number of halogens is 1.